The lowest BCUT2D eigenvalue weighted by Gasteiger charge is -2.22. The molecule has 256 valence electrons. The fourth-order valence-electron chi connectivity index (χ4n) is 10.3. The lowest BCUT2D eigenvalue weighted by molar-refractivity contribution is 0.660. The predicted molar refractivity (Wildman–Crippen MR) is 228 cm³/mol. The van der Waals surface area contributed by atoms with E-state index in [4.69, 9.17) is 0 Å². The van der Waals surface area contributed by atoms with Crippen molar-refractivity contribution in [3.05, 3.63) is 174 Å². The van der Waals surface area contributed by atoms with Crippen LogP contribution in [0.1, 0.15) is 43.9 Å². The van der Waals surface area contributed by atoms with E-state index in [2.05, 4.69) is 188 Å². The molecule has 0 amide bonds. The number of rotatable bonds is 2. The van der Waals surface area contributed by atoms with Crippen LogP contribution >= 0.6 is 0 Å². The van der Waals surface area contributed by atoms with Crippen LogP contribution in [0.4, 0.5) is 0 Å². The molecule has 7 aromatic carbocycles. The van der Waals surface area contributed by atoms with E-state index in [0.717, 1.165) is 6.42 Å². The van der Waals surface area contributed by atoms with E-state index in [0.29, 0.717) is 5.92 Å². The monoisotopic (exact) mass is 690 g/mol. The van der Waals surface area contributed by atoms with E-state index >= 15 is 0 Å². The second-order valence-corrected chi connectivity index (χ2v) is 16.2. The number of nitrogens with zero attached hydrogens (tertiary/aromatic N) is 2. The van der Waals surface area contributed by atoms with Crippen molar-refractivity contribution in [1.82, 2.24) is 9.13 Å². The van der Waals surface area contributed by atoms with Gasteiger partial charge in [-0.2, -0.15) is 0 Å². The van der Waals surface area contributed by atoms with Gasteiger partial charge >= 0.3 is 0 Å². The number of para-hydroxylation sites is 2. The van der Waals surface area contributed by atoms with Gasteiger partial charge < -0.3 is 9.13 Å². The van der Waals surface area contributed by atoms with E-state index in [1.807, 2.05) is 0 Å². The molecule has 1 unspecified atom stereocenters. The quantitative estimate of drug-likeness (QED) is 0.171. The Balaban J connectivity index is 1.09. The van der Waals surface area contributed by atoms with Crippen LogP contribution in [0, 0.1) is 5.92 Å². The number of fused-ring (bicyclic) bond motifs is 13. The normalized spacial score (nSPS) is 16.5. The lowest BCUT2D eigenvalue weighted by atomic mass is 9.82. The zero-order chi connectivity index (χ0) is 35.9. The van der Waals surface area contributed by atoms with Gasteiger partial charge in [-0.05, 0) is 117 Å². The summed E-state index contributed by atoms with van der Waals surface area (Å²) in [6.07, 6.45) is 5.79. The summed E-state index contributed by atoms with van der Waals surface area (Å²) in [5.74, 6) is 0.499. The largest absolute Gasteiger partial charge is 0.309 e. The summed E-state index contributed by atoms with van der Waals surface area (Å²) in [6, 6.07) is 55.0. The van der Waals surface area contributed by atoms with E-state index in [1.165, 1.54) is 111 Å². The Hall–Kier alpha value is -6.38. The molecule has 0 fully saturated rings. The molecule has 2 aromatic heterocycles. The van der Waals surface area contributed by atoms with Crippen LogP contribution in [0.3, 0.4) is 0 Å². The van der Waals surface area contributed by atoms with Crippen LogP contribution in [-0.2, 0) is 5.41 Å². The number of hydrogen-bond acceptors (Lipinski definition) is 0. The third-order valence-corrected chi connectivity index (χ3v) is 12.8. The minimum atomic E-state index is -0.0588. The maximum atomic E-state index is 2.55. The van der Waals surface area contributed by atoms with Crippen molar-refractivity contribution < 1.29 is 0 Å². The maximum absolute atomic E-state index is 2.55. The van der Waals surface area contributed by atoms with Crippen molar-refractivity contribution in [3.8, 4) is 39.1 Å². The summed E-state index contributed by atoms with van der Waals surface area (Å²) in [5, 5.41) is 5.15. The molecule has 0 spiro atoms. The molecule has 54 heavy (non-hydrogen) atoms. The standard InChI is InChI=1S/C52H38N2/c1-31-20-24-50-41(26-31)35-12-4-5-13-36(35)43-28-33(29-44-40-16-8-11-19-48(40)54(50)51(43)44)32-21-25-49-42(27-32)39-15-7-10-18-47(39)53(49)34-22-23-38-37-14-6-9-17-45(37)52(2,3)46(38)30-34/h4-25,27-31H,26H2,1-3H3. The van der Waals surface area contributed by atoms with Gasteiger partial charge in [-0.15, -0.1) is 0 Å². The highest BCUT2D eigenvalue weighted by Gasteiger charge is 2.35. The summed E-state index contributed by atoms with van der Waals surface area (Å²) in [4.78, 5) is 0. The van der Waals surface area contributed by atoms with Crippen molar-refractivity contribution in [3.63, 3.8) is 0 Å². The molecule has 1 atom stereocenters. The first-order valence-corrected chi connectivity index (χ1v) is 19.3. The van der Waals surface area contributed by atoms with Crippen molar-refractivity contribution in [2.45, 2.75) is 32.6 Å². The van der Waals surface area contributed by atoms with Crippen molar-refractivity contribution >= 4 is 54.9 Å². The Morgan fingerprint density at radius 3 is 1.98 bits per heavy atom. The maximum Gasteiger partial charge on any atom is 0.0620 e. The third kappa shape index (κ3) is 3.90. The average Bonchev–Trinajstić information content (AvgIpc) is 3.77. The van der Waals surface area contributed by atoms with Crippen molar-refractivity contribution in [2.24, 2.45) is 5.92 Å². The topological polar surface area (TPSA) is 9.86 Å². The molecule has 0 N–H and O–H groups in total. The zero-order valence-electron chi connectivity index (χ0n) is 30.7. The lowest BCUT2D eigenvalue weighted by Crippen LogP contribution is -2.15. The van der Waals surface area contributed by atoms with Gasteiger partial charge in [0.1, 0.15) is 0 Å². The van der Waals surface area contributed by atoms with Gasteiger partial charge in [-0.25, -0.2) is 0 Å². The highest BCUT2D eigenvalue weighted by atomic mass is 15.0. The summed E-state index contributed by atoms with van der Waals surface area (Å²) in [7, 11) is 0. The van der Waals surface area contributed by atoms with Gasteiger partial charge in [-0.1, -0.05) is 124 Å². The summed E-state index contributed by atoms with van der Waals surface area (Å²) in [5.41, 5.74) is 20.9. The van der Waals surface area contributed by atoms with Crippen LogP contribution < -0.4 is 0 Å². The van der Waals surface area contributed by atoms with Gasteiger partial charge in [0.05, 0.1) is 22.1 Å². The Morgan fingerprint density at radius 2 is 1.15 bits per heavy atom. The summed E-state index contributed by atoms with van der Waals surface area (Å²) in [6.45, 7) is 7.06. The molecule has 0 saturated heterocycles. The summed E-state index contributed by atoms with van der Waals surface area (Å²) >= 11 is 0. The van der Waals surface area contributed by atoms with E-state index < -0.39 is 0 Å². The van der Waals surface area contributed by atoms with Gasteiger partial charge in [0, 0.05) is 43.9 Å². The van der Waals surface area contributed by atoms with Gasteiger partial charge in [0.25, 0.3) is 0 Å². The predicted octanol–water partition coefficient (Wildman–Crippen LogP) is 13.8. The smallest absolute Gasteiger partial charge is 0.0620 e. The zero-order valence-corrected chi connectivity index (χ0v) is 30.7. The Morgan fingerprint density at radius 1 is 0.500 bits per heavy atom. The molecule has 0 radical (unpaired) electrons. The van der Waals surface area contributed by atoms with Crippen LogP contribution in [0.15, 0.2) is 158 Å². The Labute approximate surface area is 314 Å². The molecule has 2 aliphatic carbocycles. The van der Waals surface area contributed by atoms with Crippen LogP contribution in [0.2, 0.25) is 0 Å². The van der Waals surface area contributed by atoms with Crippen molar-refractivity contribution in [2.75, 3.05) is 0 Å². The summed E-state index contributed by atoms with van der Waals surface area (Å²) < 4.78 is 5.02. The molecule has 0 saturated carbocycles. The number of hydrogen-bond donors (Lipinski definition) is 0. The highest BCUT2D eigenvalue weighted by molar-refractivity contribution is 6.20. The van der Waals surface area contributed by atoms with E-state index in [9.17, 15) is 0 Å². The first-order chi connectivity index (χ1) is 26.5. The van der Waals surface area contributed by atoms with E-state index in [-0.39, 0.29) is 5.41 Å². The molecular weight excluding hydrogens is 653 g/mol. The fourth-order valence-corrected chi connectivity index (χ4v) is 10.3. The van der Waals surface area contributed by atoms with Crippen LogP contribution in [0.25, 0.3) is 93.9 Å². The molecular formula is C52H38N2. The number of allylic oxidation sites excluding steroid dienone is 4. The minimum absolute atomic E-state index is 0.0588. The first kappa shape index (κ1) is 30.1. The molecule has 0 bridgehead atoms. The number of aromatic nitrogens is 2. The van der Waals surface area contributed by atoms with Crippen LogP contribution in [0.5, 0.6) is 0 Å². The second-order valence-electron chi connectivity index (χ2n) is 16.2. The van der Waals surface area contributed by atoms with Crippen LogP contribution in [-0.4, -0.2) is 9.13 Å². The minimum Gasteiger partial charge on any atom is -0.309 e. The number of benzene rings is 7. The Kier molecular flexibility index (Phi) is 5.92. The van der Waals surface area contributed by atoms with Gasteiger partial charge in [0.2, 0.25) is 0 Å². The molecule has 2 heteroatoms. The molecule has 3 aliphatic rings. The van der Waals surface area contributed by atoms with E-state index in [1.54, 1.807) is 0 Å². The third-order valence-electron chi connectivity index (χ3n) is 12.8. The second kappa shape index (κ2) is 10.6. The van der Waals surface area contributed by atoms with Crippen molar-refractivity contribution in [1.29, 1.82) is 0 Å². The SMILES string of the molecule is CC1C=CC2=C(C1)c1ccccc1-c1cc(-c3ccc4c(c3)c3ccccc3n4-c3ccc4c(c3)C(C)(C)c3ccccc3-4)cc3c4ccccc4n2c13. The average molecular weight is 691 g/mol. The molecule has 1 aliphatic heterocycles. The highest BCUT2D eigenvalue weighted by Crippen LogP contribution is 2.51. The van der Waals surface area contributed by atoms with Gasteiger partial charge in [0.15, 0.2) is 0 Å². The Bertz CT molecular complexity index is 3170. The molecule has 2 nitrogen and oxygen atoms in total. The van der Waals surface area contributed by atoms with Gasteiger partial charge in [-0.3, -0.25) is 0 Å². The molecule has 3 heterocycles. The molecule has 12 rings (SSSR count). The first-order valence-electron chi connectivity index (χ1n) is 19.3. The molecule has 9 aromatic rings. The fraction of sp³-hybridized carbons (Fsp3) is 0.115.